The minimum atomic E-state index is -0.352. The van der Waals surface area contributed by atoms with Gasteiger partial charge in [-0.3, -0.25) is 14.2 Å². The Balaban J connectivity index is 2.38. The molecule has 18 heavy (non-hydrogen) atoms. The number of fused-ring (bicyclic) bond motifs is 1. The van der Waals surface area contributed by atoms with Crippen LogP contribution in [0, 0.1) is 6.92 Å². The molecule has 1 aromatic carbocycles. The molecule has 0 bridgehead atoms. The minimum Gasteiger partial charge on any atom is -0.370 e. The lowest BCUT2D eigenvalue weighted by Crippen LogP contribution is -2.24. The summed E-state index contributed by atoms with van der Waals surface area (Å²) < 4.78 is 1.59. The Morgan fingerprint density at radius 3 is 2.83 bits per heavy atom. The van der Waals surface area contributed by atoms with Gasteiger partial charge in [-0.15, -0.1) is 0 Å². The smallest absolute Gasteiger partial charge is 0.261 e. The highest BCUT2D eigenvalue weighted by Crippen LogP contribution is 2.07. The van der Waals surface area contributed by atoms with Crippen LogP contribution in [0.5, 0.6) is 0 Å². The summed E-state index contributed by atoms with van der Waals surface area (Å²) in [6.45, 7) is 2.25. The summed E-state index contributed by atoms with van der Waals surface area (Å²) in [6, 6.07) is 7.24. The third-order valence-electron chi connectivity index (χ3n) is 2.86. The van der Waals surface area contributed by atoms with Gasteiger partial charge in [-0.05, 0) is 25.5 Å². The van der Waals surface area contributed by atoms with Crippen LogP contribution in [-0.2, 0) is 11.3 Å². The quantitative estimate of drug-likeness (QED) is 0.871. The Morgan fingerprint density at radius 2 is 2.11 bits per heavy atom. The molecule has 0 saturated heterocycles. The highest BCUT2D eigenvalue weighted by molar-refractivity contribution is 5.77. The fraction of sp³-hybridized carbons (Fsp3) is 0.308. The number of hydrogen-bond donors (Lipinski definition) is 1. The number of carbonyl (C=O) groups is 1. The summed E-state index contributed by atoms with van der Waals surface area (Å²) in [7, 11) is 0. The zero-order valence-electron chi connectivity index (χ0n) is 10.2. The second-order valence-corrected chi connectivity index (χ2v) is 4.20. The molecule has 0 unspecified atom stereocenters. The van der Waals surface area contributed by atoms with Crippen molar-refractivity contribution in [3.8, 4) is 0 Å². The molecule has 1 aromatic heterocycles. The molecule has 0 fully saturated rings. The summed E-state index contributed by atoms with van der Waals surface area (Å²) in [5.74, 6) is 0.303. The first-order valence-electron chi connectivity index (χ1n) is 5.84. The van der Waals surface area contributed by atoms with E-state index >= 15 is 0 Å². The number of aryl methyl sites for hydroxylation is 1. The number of rotatable bonds is 4. The van der Waals surface area contributed by atoms with Crippen LogP contribution in [-0.4, -0.2) is 15.5 Å². The van der Waals surface area contributed by atoms with Crippen LogP contribution in [0.25, 0.3) is 10.9 Å². The molecule has 1 heterocycles. The first-order chi connectivity index (χ1) is 8.59. The first-order valence-corrected chi connectivity index (χ1v) is 5.84. The van der Waals surface area contributed by atoms with Gasteiger partial charge in [-0.2, -0.15) is 0 Å². The van der Waals surface area contributed by atoms with Crippen LogP contribution in [0.4, 0.5) is 0 Å². The zero-order valence-corrected chi connectivity index (χ0v) is 10.2. The lowest BCUT2D eigenvalue weighted by molar-refractivity contribution is -0.118. The van der Waals surface area contributed by atoms with Gasteiger partial charge in [0.25, 0.3) is 5.56 Å². The van der Waals surface area contributed by atoms with Gasteiger partial charge in [0.15, 0.2) is 0 Å². The Hall–Kier alpha value is -2.17. The molecule has 0 aliphatic heterocycles. The third-order valence-corrected chi connectivity index (χ3v) is 2.86. The van der Waals surface area contributed by atoms with Crippen molar-refractivity contribution < 1.29 is 4.79 Å². The average molecular weight is 245 g/mol. The maximum Gasteiger partial charge on any atom is 0.261 e. The Kier molecular flexibility index (Phi) is 3.41. The predicted octanol–water partition coefficient (Wildman–Crippen LogP) is 0.970. The molecule has 0 atom stereocenters. The Labute approximate surface area is 104 Å². The molecule has 94 valence electrons. The van der Waals surface area contributed by atoms with Gasteiger partial charge in [-0.25, -0.2) is 4.98 Å². The van der Waals surface area contributed by atoms with Crippen LogP contribution in [0.1, 0.15) is 18.7 Å². The summed E-state index contributed by atoms with van der Waals surface area (Å²) >= 11 is 0. The number of benzene rings is 1. The lowest BCUT2D eigenvalue weighted by atomic mass is 10.2. The molecule has 2 rings (SSSR count). The molecule has 0 spiro atoms. The molecular weight excluding hydrogens is 230 g/mol. The van der Waals surface area contributed by atoms with Crippen molar-refractivity contribution in [2.45, 2.75) is 26.3 Å². The van der Waals surface area contributed by atoms with Crippen molar-refractivity contribution in [1.82, 2.24) is 9.55 Å². The van der Waals surface area contributed by atoms with E-state index in [4.69, 9.17) is 5.73 Å². The van der Waals surface area contributed by atoms with E-state index in [1.165, 1.54) is 0 Å². The minimum absolute atomic E-state index is 0.0671. The van der Waals surface area contributed by atoms with Crippen LogP contribution in [0.15, 0.2) is 29.1 Å². The highest BCUT2D eigenvalue weighted by Gasteiger charge is 2.07. The molecule has 1 amide bonds. The number of carbonyl (C=O) groups excluding carboxylic acids is 1. The van der Waals surface area contributed by atoms with Crippen LogP contribution in [0.2, 0.25) is 0 Å². The van der Waals surface area contributed by atoms with Crippen LogP contribution < -0.4 is 11.3 Å². The molecule has 0 radical (unpaired) electrons. The zero-order chi connectivity index (χ0) is 13.1. The van der Waals surface area contributed by atoms with Gasteiger partial charge >= 0.3 is 0 Å². The van der Waals surface area contributed by atoms with E-state index in [0.29, 0.717) is 29.7 Å². The number of nitrogens with two attached hydrogens (primary N) is 1. The number of amides is 1. The Morgan fingerprint density at radius 1 is 1.39 bits per heavy atom. The molecule has 0 aliphatic rings. The van der Waals surface area contributed by atoms with Gasteiger partial charge in [0.05, 0.1) is 10.9 Å². The van der Waals surface area contributed by atoms with E-state index in [1.54, 1.807) is 17.6 Å². The van der Waals surface area contributed by atoms with Crippen molar-refractivity contribution >= 4 is 16.8 Å². The van der Waals surface area contributed by atoms with Gasteiger partial charge in [0.2, 0.25) is 5.91 Å². The number of para-hydroxylation sites is 1. The van der Waals surface area contributed by atoms with Gasteiger partial charge in [0.1, 0.15) is 5.82 Å². The second-order valence-electron chi connectivity index (χ2n) is 4.20. The summed E-state index contributed by atoms with van der Waals surface area (Å²) in [4.78, 5) is 27.3. The van der Waals surface area contributed by atoms with E-state index in [1.807, 2.05) is 18.2 Å². The van der Waals surface area contributed by atoms with Gasteiger partial charge in [-0.1, -0.05) is 12.1 Å². The molecular formula is C13H15N3O2. The maximum absolute atomic E-state index is 12.2. The fourth-order valence-corrected chi connectivity index (χ4v) is 1.95. The molecule has 5 heteroatoms. The second kappa shape index (κ2) is 5.00. The van der Waals surface area contributed by atoms with Gasteiger partial charge < -0.3 is 5.73 Å². The summed E-state index contributed by atoms with van der Waals surface area (Å²) in [6.07, 6.45) is 0.828. The Bertz CT molecular complexity index is 646. The van der Waals surface area contributed by atoms with E-state index < -0.39 is 0 Å². The fourth-order valence-electron chi connectivity index (χ4n) is 1.95. The SMILES string of the molecule is Cc1nc2ccccc2c(=O)n1CCCC(N)=O. The number of nitrogens with zero attached hydrogens (tertiary/aromatic N) is 2. The van der Waals surface area contributed by atoms with Crippen molar-refractivity contribution in [3.05, 3.63) is 40.4 Å². The number of hydrogen-bond acceptors (Lipinski definition) is 3. The van der Waals surface area contributed by atoms with E-state index in [9.17, 15) is 9.59 Å². The van der Waals surface area contributed by atoms with Crippen molar-refractivity contribution in [2.24, 2.45) is 5.73 Å². The molecule has 2 N–H and O–H groups in total. The van der Waals surface area contributed by atoms with Crippen LogP contribution >= 0.6 is 0 Å². The topological polar surface area (TPSA) is 78.0 Å². The lowest BCUT2D eigenvalue weighted by Gasteiger charge is -2.09. The third kappa shape index (κ3) is 2.40. The number of primary amides is 1. The van der Waals surface area contributed by atoms with Crippen molar-refractivity contribution in [2.75, 3.05) is 0 Å². The van der Waals surface area contributed by atoms with E-state index in [0.717, 1.165) is 0 Å². The normalized spacial score (nSPS) is 10.7. The molecule has 5 nitrogen and oxygen atoms in total. The number of aromatic nitrogens is 2. The average Bonchev–Trinajstić information content (AvgIpc) is 2.33. The van der Waals surface area contributed by atoms with Crippen LogP contribution in [0.3, 0.4) is 0 Å². The molecule has 2 aromatic rings. The van der Waals surface area contributed by atoms with E-state index in [-0.39, 0.29) is 17.9 Å². The van der Waals surface area contributed by atoms with E-state index in [2.05, 4.69) is 4.98 Å². The maximum atomic E-state index is 12.2. The highest BCUT2D eigenvalue weighted by atomic mass is 16.1. The predicted molar refractivity (Wildman–Crippen MR) is 69.2 cm³/mol. The molecule has 0 aliphatic carbocycles. The monoisotopic (exact) mass is 245 g/mol. The summed E-state index contributed by atoms with van der Waals surface area (Å²) in [5, 5.41) is 0.599. The first kappa shape index (κ1) is 12.3. The standard InChI is InChI=1S/C13H15N3O2/c1-9-15-11-6-3-2-5-10(11)13(18)16(9)8-4-7-12(14)17/h2-3,5-6H,4,7-8H2,1H3,(H2,14,17). The molecule has 0 saturated carbocycles. The summed E-state index contributed by atoms with van der Waals surface area (Å²) in [5.41, 5.74) is 5.71. The van der Waals surface area contributed by atoms with Crippen molar-refractivity contribution in [1.29, 1.82) is 0 Å². The van der Waals surface area contributed by atoms with Crippen molar-refractivity contribution in [3.63, 3.8) is 0 Å². The largest absolute Gasteiger partial charge is 0.370 e. The van der Waals surface area contributed by atoms with Gasteiger partial charge in [0, 0.05) is 13.0 Å².